The van der Waals surface area contributed by atoms with Gasteiger partial charge in [-0.15, -0.1) is 0 Å². The van der Waals surface area contributed by atoms with Crippen LogP contribution < -0.4 is 0 Å². The lowest BCUT2D eigenvalue weighted by Gasteiger charge is -2.36. The molecule has 1 saturated heterocycles. The molecule has 1 fully saturated rings. The van der Waals surface area contributed by atoms with Crippen LogP contribution in [0.1, 0.15) is 32.4 Å². The Morgan fingerprint density at radius 3 is 2.75 bits per heavy atom. The maximum Gasteiger partial charge on any atom is 0.243 e. The molecule has 0 radical (unpaired) electrons. The van der Waals surface area contributed by atoms with Gasteiger partial charge in [-0.25, -0.2) is 8.42 Å². The Morgan fingerprint density at radius 1 is 1.40 bits per heavy atom. The molecule has 1 aliphatic heterocycles. The number of sulfonamides is 1. The van der Waals surface area contributed by atoms with E-state index in [1.165, 1.54) is 0 Å². The molecule has 0 amide bonds. The number of rotatable bonds is 3. The van der Waals surface area contributed by atoms with E-state index in [9.17, 15) is 13.5 Å². The lowest BCUT2D eigenvalue weighted by atomic mass is 10.1. The number of hydrogen-bond donors (Lipinski definition) is 1. The van der Waals surface area contributed by atoms with Crippen LogP contribution in [0, 0.1) is 0 Å². The highest BCUT2D eigenvalue weighted by Gasteiger charge is 2.34. The van der Waals surface area contributed by atoms with Gasteiger partial charge in [0.05, 0.1) is 11.0 Å². The Labute approximate surface area is 125 Å². The fraction of sp³-hybridized carbons (Fsp3) is 0.571. The number of benzene rings is 1. The van der Waals surface area contributed by atoms with Crippen molar-refractivity contribution in [1.29, 1.82) is 0 Å². The van der Waals surface area contributed by atoms with E-state index in [-0.39, 0.29) is 10.9 Å². The summed E-state index contributed by atoms with van der Waals surface area (Å²) in [5.74, 6) is 0.820. The Bertz CT molecular complexity index is 572. The van der Waals surface area contributed by atoms with Crippen LogP contribution in [0.4, 0.5) is 0 Å². The molecule has 2 rings (SSSR count). The van der Waals surface area contributed by atoms with E-state index < -0.39 is 16.1 Å². The summed E-state index contributed by atoms with van der Waals surface area (Å²) >= 11 is 1.80. The zero-order valence-electron chi connectivity index (χ0n) is 12.0. The molecule has 1 heterocycles. The van der Waals surface area contributed by atoms with Crippen molar-refractivity contribution in [1.82, 2.24) is 4.31 Å². The van der Waals surface area contributed by atoms with Crippen molar-refractivity contribution < 1.29 is 13.5 Å². The molecular formula is C14H21NO3S2. The molecule has 112 valence electrons. The predicted molar refractivity (Wildman–Crippen MR) is 82.3 cm³/mol. The summed E-state index contributed by atoms with van der Waals surface area (Å²) in [4.78, 5) is 0.266. The van der Waals surface area contributed by atoms with Gasteiger partial charge in [-0.2, -0.15) is 16.1 Å². The molecule has 3 unspecified atom stereocenters. The monoisotopic (exact) mass is 315 g/mol. The van der Waals surface area contributed by atoms with Crippen molar-refractivity contribution in [2.45, 2.75) is 43.1 Å². The molecule has 20 heavy (non-hydrogen) atoms. The summed E-state index contributed by atoms with van der Waals surface area (Å²) in [6.07, 6.45) is -0.668. The third-order valence-corrected chi connectivity index (χ3v) is 7.09. The van der Waals surface area contributed by atoms with Gasteiger partial charge in [0.25, 0.3) is 0 Å². The smallest absolute Gasteiger partial charge is 0.243 e. The van der Waals surface area contributed by atoms with E-state index in [0.717, 1.165) is 5.75 Å². The molecule has 4 nitrogen and oxygen atoms in total. The van der Waals surface area contributed by atoms with Crippen LogP contribution in [0.5, 0.6) is 0 Å². The summed E-state index contributed by atoms with van der Waals surface area (Å²) in [5.41, 5.74) is 0.623. The van der Waals surface area contributed by atoms with Gasteiger partial charge in [0.2, 0.25) is 10.0 Å². The molecule has 6 heteroatoms. The first kappa shape index (κ1) is 15.8. The standard InChI is InChI=1S/C14H21NO3S2/c1-10-12(3)19-8-7-15(10)20(17,18)14-6-4-5-13(9-14)11(2)16/h4-6,9-12,16H,7-8H2,1-3H3. The number of hydrogen-bond acceptors (Lipinski definition) is 4. The van der Waals surface area contributed by atoms with E-state index in [2.05, 4.69) is 6.92 Å². The van der Waals surface area contributed by atoms with Gasteiger partial charge in [0, 0.05) is 23.6 Å². The van der Waals surface area contributed by atoms with Gasteiger partial charge >= 0.3 is 0 Å². The molecule has 1 aromatic rings. The maximum atomic E-state index is 12.8. The predicted octanol–water partition coefficient (Wildman–Crippen LogP) is 2.25. The fourth-order valence-electron chi connectivity index (χ4n) is 2.31. The highest BCUT2D eigenvalue weighted by atomic mass is 32.2. The Morgan fingerprint density at radius 2 is 2.10 bits per heavy atom. The van der Waals surface area contributed by atoms with Gasteiger partial charge in [0.1, 0.15) is 0 Å². The molecule has 0 bridgehead atoms. The minimum absolute atomic E-state index is 0.0195. The summed E-state index contributed by atoms with van der Waals surface area (Å²) in [6.45, 7) is 6.18. The lowest BCUT2D eigenvalue weighted by Crippen LogP contribution is -2.47. The van der Waals surface area contributed by atoms with E-state index in [1.54, 1.807) is 47.3 Å². The molecule has 0 saturated carbocycles. The van der Waals surface area contributed by atoms with Crippen LogP contribution in [-0.4, -0.2) is 41.4 Å². The molecular weight excluding hydrogens is 294 g/mol. The third kappa shape index (κ3) is 3.03. The summed E-state index contributed by atoms with van der Waals surface area (Å²) in [7, 11) is -3.49. The highest BCUT2D eigenvalue weighted by Crippen LogP contribution is 2.30. The largest absolute Gasteiger partial charge is 0.389 e. The average Bonchev–Trinajstić information content (AvgIpc) is 2.41. The SMILES string of the molecule is CC(O)c1cccc(S(=O)(=O)N2CCSC(C)C2C)c1. The number of aliphatic hydroxyl groups is 1. The van der Waals surface area contributed by atoms with Crippen LogP contribution in [0.25, 0.3) is 0 Å². The van der Waals surface area contributed by atoms with Gasteiger partial charge in [-0.1, -0.05) is 19.1 Å². The van der Waals surface area contributed by atoms with E-state index in [4.69, 9.17) is 0 Å². The number of aliphatic hydroxyl groups excluding tert-OH is 1. The van der Waals surface area contributed by atoms with Crippen molar-refractivity contribution in [3.63, 3.8) is 0 Å². The molecule has 0 aromatic heterocycles. The van der Waals surface area contributed by atoms with Crippen molar-refractivity contribution in [2.75, 3.05) is 12.3 Å². The Hall–Kier alpha value is -0.560. The third-order valence-electron chi connectivity index (χ3n) is 3.77. The van der Waals surface area contributed by atoms with Crippen LogP contribution in [0.15, 0.2) is 29.2 Å². The second-order valence-corrected chi connectivity index (χ2v) is 8.56. The minimum Gasteiger partial charge on any atom is -0.389 e. The van der Waals surface area contributed by atoms with Gasteiger partial charge in [-0.05, 0) is 31.5 Å². The second-order valence-electron chi connectivity index (χ2n) is 5.18. The van der Waals surface area contributed by atoms with Crippen molar-refractivity contribution in [3.05, 3.63) is 29.8 Å². The number of nitrogens with zero attached hydrogens (tertiary/aromatic N) is 1. The van der Waals surface area contributed by atoms with Crippen molar-refractivity contribution in [3.8, 4) is 0 Å². The first-order chi connectivity index (χ1) is 9.34. The quantitative estimate of drug-likeness (QED) is 0.929. The Kier molecular flexibility index (Phi) is 4.79. The molecule has 1 aromatic carbocycles. The first-order valence-corrected chi connectivity index (χ1v) is 9.24. The van der Waals surface area contributed by atoms with Crippen LogP contribution in [-0.2, 0) is 10.0 Å². The summed E-state index contributed by atoms with van der Waals surface area (Å²) in [5, 5.41) is 9.90. The zero-order valence-corrected chi connectivity index (χ0v) is 13.6. The van der Waals surface area contributed by atoms with Crippen LogP contribution in [0.2, 0.25) is 0 Å². The minimum atomic E-state index is -3.49. The molecule has 3 atom stereocenters. The van der Waals surface area contributed by atoms with E-state index in [0.29, 0.717) is 17.4 Å². The Balaban J connectivity index is 2.37. The summed E-state index contributed by atoms with van der Waals surface area (Å²) in [6, 6.07) is 6.57. The molecule has 1 N–H and O–H groups in total. The topological polar surface area (TPSA) is 57.6 Å². The second kappa shape index (κ2) is 6.05. The zero-order chi connectivity index (χ0) is 14.9. The highest BCUT2D eigenvalue weighted by molar-refractivity contribution is 8.00. The van der Waals surface area contributed by atoms with Crippen molar-refractivity contribution >= 4 is 21.8 Å². The first-order valence-electron chi connectivity index (χ1n) is 6.75. The average molecular weight is 315 g/mol. The maximum absolute atomic E-state index is 12.8. The number of thioether (sulfide) groups is 1. The molecule has 0 aliphatic carbocycles. The normalized spacial score (nSPS) is 26.4. The van der Waals surface area contributed by atoms with Crippen molar-refractivity contribution in [2.24, 2.45) is 0 Å². The van der Waals surface area contributed by atoms with E-state index >= 15 is 0 Å². The van der Waals surface area contributed by atoms with Crippen LogP contribution in [0.3, 0.4) is 0 Å². The van der Waals surface area contributed by atoms with Gasteiger partial charge < -0.3 is 5.11 Å². The van der Waals surface area contributed by atoms with Gasteiger partial charge in [0.15, 0.2) is 0 Å². The van der Waals surface area contributed by atoms with E-state index in [1.807, 2.05) is 6.92 Å². The van der Waals surface area contributed by atoms with Crippen LogP contribution >= 0.6 is 11.8 Å². The summed E-state index contributed by atoms with van der Waals surface area (Å²) < 4.78 is 27.1. The van der Waals surface area contributed by atoms with Gasteiger partial charge in [-0.3, -0.25) is 0 Å². The molecule has 0 spiro atoms. The lowest BCUT2D eigenvalue weighted by molar-refractivity contribution is 0.199. The molecule has 1 aliphatic rings. The fourth-order valence-corrected chi connectivity index (χ4v) is 5.37.